The van der Waals surface area contributed by atoms with Crippen LogP contribution in [-0.2, 0) is 9.47 Å². The highest BCUT2D eigenvalue weighted by molar-refractivity contribution is 4.73. The molecule has 1 aliphatic rings. The van der Waals surface area contributed by atoms with E-state index in [0.717, 1.165) is 51.8 Å². The van der Waals surface area contributed by atoms with Crippen LogP contribution in [0.2, 0.25) is 0 Å². The molecule has 0 amide bonds. The topological polar surface area (TPSA) is 33.7 Å². The molecule has 108 valence electrons. The lowest BCUT2D eigenvalue weighted by molar-refractivity contribution is 0.0883. The summed E-state index contributed by atoms with van der Waals surface area (Å²) in [6.07, 6.45) is 3.75. The zero-order valence-electron chi connectivity index (χ0n) is 12.1. The van der Waals surface area contributed by atoms with E-state index in [4.69, 9.17) is 9.47 Å². The summed E-state index contributed by atoms with van der Waals surface area (Å²) in [7, 11) is 1.75. The number of ether oxygens (including phenoxy) is 2. The van der Waals surface area contributed by atoms with Crippen molar-refractivity contribution in [3.8, 4) is 0 Å². The second-order valence-corrected chi connectivity index (χ2v) is 5.09. The van der Waals surface area contributed by atoms with Gasteiger partial charge < -0.3 is 19.7 Å². The van der Waals surface area contributed by atoms with Crippen LogP contribution in [0.1, 0.15) is 26.2 Å². The fourth-order valence-electron chi connectivity index (χ4n) is 2.33. The number of nitrogens with zero attached hydrogens (tertiary/aromatic N) is 1. The van der Waals surface area contributed by atoms with Crippen LogP contribution in [0, 0.1) is 5.92 Å². The Balaban J connectivity index is 1.95. The smallest absolute Gasteiger partial charge is 0.0593 e. The first-order valence-corrected chi connectivity index (χ1v) is 7.36. The molecule has 4 nitrogen and oxygen atoms in total. The van der Waals surface area contributed by atoms with Crippen molar-refractivity contribution in [2.75, 3.05) is 59.7 Å². The summed E-state index contributed by atoms with van der Waals surface area (Å²) in [6, 6.07) is 0. The zero-order valence-corrected chi connectivity index (χ0v) is 12.1. The van der Waals surface area contributed by atoms with Crippen LogP contribution in [0.3, 0.4) is 0 Å². The molecule has 4 heteroatoms. The van der Waals surface area contributed by atoms with Crippen LogP contribution in [0.4, 0.5) is 0 Å². The summed E-state index contributed by atoms with van der Waals surface area (Å²) < 4.78 is 10.6. The normalized spacial score (nSPS) is 18.3. The van der Waals surface area contributed by atoms with Crippen LogP contribution in [-0.4, -0.2) is 64.6 Å². The Bertz CT molecular complexity index is 163. The van der Waals surface area contributed by atoms with Crippen molar-refractivity contribution in [2.24, 2.45) is 5.92 Å². The number of piperidine rings is 1. The summed E-state index contributed by atoms with van der Waals surface area (Å²) in [4.78, 5) is 2.53. The summed E-state index contributed by atoms with van der Waals surface area (Å²) in [5.41, 5.74) is 0. The van der Waals surface area contributed by atoms with Crippen LogP contribution < -0.4 is 5.32 Å². The fraction of sp³-hybridized carbons (Fsp3) is 1.00. The maximum atomic E-state index is 5.54. The van der Waals surface area contributed by atoms with Gasteiger partial charge in [-0.2, -0.15) is 0 Å². The third kappa shape index (κ3) is 7.31. The average molecular weight is 258 g/mol. The molecule has 1 fully saturated rings. The zero-order chi connectivity index (χ0) is 13.1. The quantitative estimate of drug-likeness (QED) is 0.600. The van der Waals surface area contributed by atoms with Crippen molar-refractivity contribution in [1.82, 2.24) is 10.2 Å². The first-order chi connectivity index (χ1) is 8.86. The van der Waals surface area contributed by atoms with E-state index in [1.54, 1.807) is 7.11 Å². The van der Waals surface area contributed by atoms with Crippen molar-refractivity contribution in [3.63, 3.8) is 0 Å². The number of methoxy groups -OCH3 is 1. The highest BCUT2D eigenvalue weighted by atomic mass is 16.5. The van der Waals surface area contributed by atoms with Crippen LogP contribution in [0.5, 0.6) is 0 Å². The number of rotatable bonds is 10. The van der Waals surface area contributed by atoms with Gasteiger partial charge in [0, 0.05) is 26.8 Å². The van der Waals surface area contributed by atoms with E-state index >= 15 is 0 Å². The fourth-order valence-corrected chi connectivity index (χ4v) is 2.33. The van der Waals surface area contributed by atoms with E-state index < -0.39 is 0 Å². The molecule has 0 saturated carbocycles. The first-order valence-electron chi connectivity index (χ1n) is 7.36. The molecule has 1 rings (SSSR count). The van der Waals surface area contributed by atoms with Gasteiger partial charge in [0.05, 0.1) is 13.2 Å². The molecular weight excluding hydrogens is 228 g/mol. The lowest BCUT2D eigenvalue weighted by Gasteiger charge is -2.31. The third-order valence-electron chi connectivity index (χ3n) is 3.52. The second-order valence-electron chi connectivity index (χ2n) is 5.09. The lowest BCUT2D eigenvalue weighted by Crippen LogP contribution is -2.39. The van der Waals surface area contributed by atoms with E-state index in [2.05, 4.69) is 17.1 Å². The standard InChI is InChI=1S/C14H30N2O2/c1-3-10-18-12-9-16-7-4-14(5-8-16)13-15-6-11-17-2/h14-15H,3-13H2,1-2H3. The second kappa shape index (κ2) is 10.7. The Hall–Kier alpha value is -0.160. The van der Waals surface area contributed by atoms with Gasteiger partial charge in [0.1, 0.15) is 0 Å². The van der Waals surface area contributed by atoms with Crippen molar-refractivity contribution < 1.29 is 9.47 Å². The van der Waals surface area contributed by atoms with Gasteiger partial charge in [0.25, 0.3) is 0 Å². The predicted octanol–water partition coefficient (Wildman–Crippen LogP) is 1.36. The highest BCUT2D eigenvalue weighted by Crippen LogP contribution is 2.15. The van der Waals surface area contributed by atoms with Gasteiger partial charge in [-0.3, -0.25) is 0 Å². The Labute approximate surface area is 112 Å². The monoisotopic (exact) mass is 258 g/mol. The van der Waals surface area contributed by atoms with Gasteiger partial charge in [-0.15, -0.1) is 0 Å². The maximum Gasteiger partial charge on any atom is 0.0593 e. The Morgan fingerprint density at radius 1 is 1.17 bits per heavy atom. The van der Waals surface area contributed by atoms with Crippen LogP contribution in [0.25, 0.3) is 0 Å². The minimum Gasteiger partial charge on any atom is -0.383 e. The Morgan fingerprint density at radius 2 is 1.94 bits per heavy atom. The molecule has 0 aromatic carbocycles. The molecule has 0 aliphatic carbocycles. The highest BCUT2D eigenvalue weighted by Gasteiger charge is 2.18. The van der Waals surface area contributed by atoms with E-state index in [9.17, 15) is 0 Å². The molecule has 0 spiro atoms. The van der Waals surface area contributed by atoms with Gasteiger partial charge in [-0.05, 0) is 44.8 Å². The van der Waals surface area contributed by atoms with E-state index in [-0.39, 0.29) is 0 Å². The summed E-state index contributed by atoms with van der Waals surface area (Å²) in [5, 5.41) is 3.46. The first kappa shape index (κ1) is 15.9. The van der Waals surface area contributed by atoms with Gasteiger partial charge in [0.15, 0.2) is 0 Å². The SMILES string of the molecule is CCCOCCN1CCC(CNCCOC)CC1. The molecule has 0 radical (unpaired) electrons. The minimum atomic E-state index is 0.813. The minimum absolute atomic E-state index is 0.813. The number of hydrogen-bond donors (Lipinski definition) is 1. The summed E-state index contributed by atoms with van der Waals surface area (Å²) in [6.45, 7) is 10.4. The average Bonchev–Trinajstić information content (AvgIpc) is 2.41. The number of hydrogen-bond acceptors (Lipinski definition) is 4. The maximum absolute atomic E-state index is 5.54. The molecule has 0 aromatic rings. The van der Waals surface area contributed by atoms with E-state index in [1.807, 2.05) is 0 Å². The largest absolute Gasteiger partial charge is 0.383 e. The molecule has 1 N–H and O–H groups in total. The van der Waals surface area contributed by atoms with Crippen molar-refractivity contribution >= 4 is 0 Å². The van der Waals surface area contributed by atoms with Crippen molar-refractivity contribution in [1.29, 1.82) is 0 Å². The molecule has 1 heterocycles. The molecule has 0 bridgehead atoms. The van der Waals surface area contributed by atoms with Crippen molar-refractivity contribution in [2.45, 2.75) is 26.2 Å². The Morgan fingerprint density at radius 3 is 2.61 bits per heavy atom. The van der Waals surface area contributed by atoms with Crippen LogP contribution in [0.15, 0.2) is 0 Å². The van der Waals surface area contributed by atoms with E-state index in [0.29, 0.717) is 0 Å². The number of nitrogens with one attached hydrogen (secondary N) is 1. The molecule has 0 aromatic heterocycles. The molecule has 0 unspecified atom stereocenters. The van der Waals surface area contributed by atoms with Crippen molar-refractivity contribution in [3.05, 3.63) is 0 Å². The molecule has 1 aliphatic heterocycles. The number of likely N-dealkylation sites (tertiary alicyclic amines) is 1. The lowest BCUT2D eigenvalue weighted by atomic mass is 9.97. The predicted molar refractivity (Wildman–Crippen MR) is 75.0 cm³/mol. The third-order valence-corrected chi connectivity index (χ3v) is 3.52. The van der Waals surface area contributed by atoms with Crippen LogP contribution >= 0.6 is 0 Å². The van der Waals surface area contributed by atoms with Gasteiger partial charge in [-0.1, -0.05) is 6.92 Å². The summed E-state index contributed by atoms with van der Waals surface area (Å²) >= 11 is 0. The van der Waals surface area contributed by atoms with Gasteiger partial charge >= 0.3 is 0 Å². The van der Waals surface area contributed by atoms with E-state index in [1.165, 1.54) is 25.9 Å². The van der Waals surface area contributed by atoms with Gasteiger partial charge in [-0.25, -0.2) is 0 Å². The Kier molecular flexibility index (Phi) is 9.48. The summed E-state index contributed by atoms with van der Waals surface area (Å²) in [5.74, 6) is 0.842. The molecule has 0 atom stereocenters. The van der Waals surface area contributed by atoms with Gasteiger partial charge in [0.2, 0.25) is 0 Å². The molecular formula is C14H30N2O2. The molecule has 1 saturated heterocycles. The molecule has 18 heavy (non-hydrogen) atoms.